The molecule has 0 aliphatic rings. The maximum atomic E-state index is 12.6. The topological polar surface area (TPSA) is 9.23 Å². The van der Waals surface area contributed by atoms with Crippen molar-refractivity contribution in [2.24, 2.45) is 0 Å². The van der Waals surface area contributed by atoms with Gasteiger partial charge in [-0.3, -0.25) is 0 Å². The second-order valence-electron chi connectivity index (χ2n) is 3.01. The van der Waals surface area contributed by atoms with Crippen LogP contribution in [0.2, 0.25) is 0 Å². The summed E-state index contributed by atoms with van der Waals surface area (Å²) in [7, 11) is 1.21. The maximum absolute atomic E-state index is 12.6. The SMILES string of the molecule is COc1ccc(C=CCCl)cc1C(F)(F)F. The van der Waals surface area contributed by atoms with E-state index in [1.54, 1.807) is 6.08 Å². The Morgan fingerprint density at radius 1 is 1.38 bits per heavy atom. The van der Waals surface area contributed by atoms with E-state index in [0.717, 1.165) is 6.07 Å². The summed E-state index contributed by atoms with van der Waals surface area (Å²) >= 11 is 5.41. The van der Waals surface area contributed by atoms with Gasteiger partial charge in [0, 0.05) is 5.88 Å². The van der Waals surface area contributed by atoms with Crippen molar-refractivity contribution in [1.29, 1.82) is 0 Å². The molecule has 0 saturated carbocycles. The second kappa shape index (κ2) is 5.25. The zero-order chi connectivity index (χ0) is 12.2. The molecular weight excluding hydrogens is 241 g/mol. The van der Waals surface area contributed by atoms with Gasteiger partial charge in [0.15, 0.2) is 0 Å². The van der Waals surface area contributed by atoms with Crippen molar-refractivity contribution >= 4 is 17.7 Å². The lowest BCUT2D eigenvalue weighted by molar-refractivity contribution is -0.138. The van der Waals surface area contributed by atoms with Gasteiger partial charge in [0.25, 0.3) is 0 Å². The van der Waals surface area contributed by atoms with Gasteiger partial charge in [-0.2, -0.15) is 13.2 Å². The predicted octanol–water partition coefficient (Wildman–Crippen LogP) is 3.97. The van der Waals surface area contributed by atoms with Gasteiger partial charge in [0.1, 0.15) is 5.75 Å². The van der Waals surface area contributed by atoms with Crippen molar-refractivity contribution in [3.8, 4) is 5.75 Å². The zero-order valence-electron chi connectivity index (χ0n) is 8.51. The normalized spacial score (nSPS) is 12.1. The van der Waals surface area contributed by atoms with Crippen LogP contribution < -0.4 is 4.74 Å². The largest absolute Gasteiger partial charge is 0.496 e. The average Bonchev–Trinajstić information content (AvgIpc) is 2.24. The van der Waals surface area contributed by atoms with Crippen LogP contribution in [-0.2, 0) is 6.18 Å². The molecule has 5 heteroatoms. The third-order valence-electron chi connectivity index (χ3n) is 1.93. The van der Waals surface area contributed by atoms with Gasteiger partial charge in [0.2, 0.25) is 0 Å². The molecule has 0 spiro atoms. The van der Waals surface area contributed by atoms with E-state index in [-0.39, 0.29) is 11.6 Å². The highest BCUT2D eigenvalue weighted by atomic mass is 35.5. The molecule has 0 bridgehead atoms. The van der Waals surface area contributed by atoms with Crippen molar-refractivity contribution < 1.29 is 17.9 Å². The molecule has 88 valence electrons. The first kappa shape index (κ1) is 12.9. The molecule has 0 aromatic heterocycles. The first-order valence-electron chi connectivity index (χ1n) is 4.46. The van der Waals surface area contributed by atoms with Crippen LogP contribution in [0.15, 0.2) is 24.3 Å². The molecule has 1 rings (SSSR count). The molecule has 0 amide bonds. The third kappa shape index (κ3) is 3.17. The standard InChI is InChI=1S/C11H10ClF3O/c1-16-10-5-4-8(3-2-6-12)7-9(10)11(13,14)15/h2-5,7H,6H2,1H3. The van der Waals surface area contributed by atoms with Crippen LogP contribution >= 0.6 is 11.6 Å². The van der Waals surface area contributed by atoms with Crippen molar-refractivity contribution in [3.05, 3.63) is 35.4 Å². The van der Waals surface area contributed by atoms with E-state index in [0.29, 0.717) is 5.56 Å². The number of benzene rings is 1. The molecule has 1 aromatic rings. The number of hydrogen-bond donors (Lipinski definition) is 0. The minimum Gasteiger partial charge on any atom is -0.496 e. The molecule has 0 aliphatic heterocycles. The van der Waals surface area contributed by atoms with E-state index in [2.05, 4.69) is 4.74 Å². The minimum atomic E-state index is -4.42. The summed E-state index contributed by atoms with van der Waals surface area (Å²) in [6.07, 6.45) is -1.32. The molecule has 0 heterocycles. The Kier molecular flexibility index (Phi) is 4.24. The van der Waals surface area contributed by atoms with Crippen LogP contribution in [0.4, 0.5) is 13.2 Å². The number of hydrogen-bond acceptors (Lipinski definition) is 1. The summed E-state index contributed by atoms with van der Waals surface area (Å²) in [5.74, 6) is 0.0726. The van der Waals surface area contributed by atoms with Crippen LogP contribution in [0.3, 0.4) is 0 Å². The van der Waals surface area contributed by atoms with Crippen LogP contribution in [-0.4, -0.2) is 13.0 Å². The Morgan fingerprint density at radius 3 is 2.56 bits per heavy atom. The quantitative estimate of drug-likeness (QED) is 0.738. The molecule has 16 heavy (non-hydrogen) atoms. The minimum absolute atomic E-state index is 0.185. The van der Waals surface area contributed by atoms with Crippen molar-refractivity contribution in [3.63, 3.8) is 0 Å². The predicted molar refractivity (Wildman–Crippen MR) is 57.8 cm³/mol. The Balaban J connectivity index is 3.16. The average molecular weight is 251 g/mol. The summed E-state index contributed by atoms with van der Waals surface area (Å²) < 4.78 is 42.5. The summed E-state index contributed by atoms with van der Waals surface area (Å²) in [5, 5.41) is 0. The zero-order valence-corrected chi connectivity index (χ0v) is 9.27. The molecule has 0 saturated heterocycles. The lowest BCUT2D eigenvalue weighted by Gasteiger charge is -2.12. The lowest BCUT2D eigenvalue weighted by atomic mass is 10.1. The van der Waals surface area contributed by atoms with E-state index in [1.165, 1.54) is 25.3 Å². The number of ether oxygens (including phenoxy) is 1. The molecule has 0 atom stereocenters. The van der Waals surface area contributed by atoms with Gasteiger partial charge in [0.05, 0.1) is 12.7 Å². The highest BCUT2D eigenvalue weighted by Crippen LogP contribution is 2.36. The first-order valence-corrected chi connectivity index (χ1v) is 5.00. The second-order valence-corrected chi connectivity index (χ2v) is 3.32. The van der Waals surface area contributed by atoms with Crippen LogP contribution in [0.5, 0.6) is 5.75 Å². The van der Waals surface area contributed by atoms with Crippen LogP contribution in [0.25, 0.3) is 6.08 Å². The number of alkyl halides is 4. The highest BCUT2D eigenvalue weighted by molar-refractivity contribution is 6.19. The number of rotatable bonds is 3. The molecule has 0 unspecified atom stereocenters. The smallest absolute Gasteiger partial charge is 0.419 e. The van der Waals surface area contributed by atoms with Gasteiger partial charge >= 0.3 is 6.18 Å². The van der Waals surface area contributed by atoms with E-state index >= 15 is 0 Å². The van der Waals surface area contributed by atoms with Crippen molar-refractivity contribution in [1.82, 2.24) is 0 Å². The first-order chi connectivity index (χ1) is 7.49. The number of allylic oxidation sites excluding steroid dienone is 1. The summed E-state index contributed by atoms with van der Waals surface area (Å²) in [6.45, 7) is 0. The van der Waals surface area contributed by atoms with Gasteiger partial charge in [-0.25, -0.2) is 0 Å². The summed E-state index contributed by atoms with van der Waals surface area (Å²) in [4.78, 5) is 0. The fourth-order valence-electron chi connectivity index (χ4n) is 1.23. The fourth-order valence-corrected chi connectivity index (χ4v) is 1.32. The monoisotopic (exact) mass is 250 g/mol. The molecule has 0 radical (unpaired) electrons. The number of methoxy groups -OCH3 is 1. The molecular formula is C11H10ClF3O. The third-order valence-corrected chi connectivity index (χ3v) is 2.11. The molecule has 1 aromatic carbocycles. The summed E-state index contributed by atoms with van der Waals surface area (Å²) in [6, 6.07) is 3.86. The Morgan fingerprint density at radius 2 is 2.06 bits per heavy atom. The van der Waals surface area contributed by atoms with Crippen molar-refractivity contribution in [2.45, 2.75) is 6.18 Å². The van der Waals surface area contributed by atoms with Gasteiger partial charge in [-0.15, -0.1) is 11.6 Å². The van der Waals surface area contributed by atoms with Gasteiger partial charge in [-0.1, -0.05) is 18.2 Å². The van der Waals surface area contributed by atoms with E-state index in [9.17, 15) is 13.2 Å². The van der Waals surface area contributed by atoms with Crippen LogP contribution in [0.1, 0.15) is 11.1 Å². The van der Waals surface area contributed by atoms with Crippen LogP contribution in [0, 0.1) is 0 Å². The molecule has 0 fully saturated rings. The van der Waals surface area contributed by atoms with E-state index in [4.69, 9.17) is 11.6 Å². The Bertz CT molecular complexity index is 385. The molecule has 0 aliphatic carbocycles. The Labute approximate surface area is 96.5 Å². The van der Waals surface area contributed by atoms with Crippen molar-refractivity contribution in [2.75, 3.05) is 13.0 Å². The molecule has 1 nitrogen and oxygen atoms in total. The van der Waals surface area contributed by atoms with E-state index in [1.807, 2.05) is 0 Å². The number of halogens is 4. The van der Waals surface area contributed by atoms with E-state index < -0.39 is 11.7 Å². The van der Waals surface area contributed by atoms with Gasteiger partial charge < -0.3 is 4.74 Å². The Hall–Kier alpha value is -1.16. The molecule has 0 N–H and O–H groups in total. The summed E-state index contributed by atoms with van der Waals surface area (Å²) in [5.41, 5.74) is -0.347. The lowest BCUT2D eigenvalue weighted by Crippen LogP contribution is -2.07. The highest BCUT2D eigenvalue weighted by Gasteiger charge is 2.34. The van der Waals surface area contributed by atoms with Gasteiger partial charge in [-0.05, 0) is 17.7 Å². The maximum Gasteiger partial charge on any atom is 0.419 e. The fraction of sp³-hybridized carbons (Fsp3) is 0.273.